The molecule has 2 heterocycles. The van der Waals surface area contributed by atoms with Gasteiger partial charge in [0.25, 0.3) is 0 Å². The number of para-hydroxylation sites is 1. The number of benzene rings is 1. The second-order valence-corrected chi connectivity index (χ2v) is 5.73. The van der Waals surface area contributed by atoms with Crippen LogP contribution >= 0.6 is 0 Å². The monoisotopic (exact) mass is 285 g/mol. The van der Waals surface area contributed by atoms with Crippen molar-refractivity contribution in [3.63, 3.8) is 0 Å². The maximum absolute atomic E-state index is 4.17. The molecule has 2 aromatic rings. The Morgan fingerprint density at radius 1 is 1.24 bits per heavy atom. The van der Waals surface area contributed by atoms with Crippen LogP contribution in [0.25, 0.3) is 0 Å². The summed E-state index contributed by atoms with van der Waals surface area (Å²) in [7, 11) is 1.98. The molecule has 3 rings (SSSR count). The fraction of sp³-hybridized carbons (Fsp3) is 0.500. The third-order valence-electron chi connectivity index (χ3n) is 4.17. The second kappa shape index (κ2) is 6.26. The van der Waals surface area contributed by atoms with Gasteiger partial charge in [0.1, 0.15) is 12.2 Å². The lowest BCUT2D eigenvalue weighted by molar-refractivity contribution is 0.528. The number of anilines is 1. The minimum atomic E-state index is 0.184. The van der Waals surface area contributed by atoms with E-state index in [4.69, 9.17) is 0 Å². The molecule has 1 fully saturated rings. The van der Waals surface area contributed by atoms with Crippen LogP contribution < -0.4 is 10.2 Å². The van der Waals surface area contributed by atoms with Crippen LogP contribution in [0, 0.1) is 0 Å². The lowest BCUT2D eigenvalue weighted by atomic mass is 10.1. The molecule has 0 aliphatic carbocycles. The van der Waals surface area contributed by atoms with Crippen molar-refractivity contribution in [1.82, 2.24) is 20.1 Å². The molecule has 21 heavy (non-hydrogen) atoms. The maximum Gasteiger partial charge on any atom is 0.149 e. The fourth-order valence-electron chi connectivity index (χ4n) is 2.97. The Labute approximate surface area is 126 Å². The van der Waals surface area contributed by atoms with Gasteiger partial charge in [0.15, 0.2) is 0 Å². The number of hydrogen-bond donors (Lipinski definition) is 1. The topological polar surface area (TPSA) is 46.0 Å². The van der Waals surface area contributed by atoms with E-state index in [2.05, 4.69) is 51.6 Å². The Morgan fingerprint density at radius 3 is 2.71 bits per heavy atom. The summed E-state index contributed by atoms with van der Waals surface area (Å²) in [5, 5.41) is 11.7. The van der Waals surface area contributed by atoms with Gasteiger partial charge < -0.3 is 14.8 Å². The zero-order chi connectivity index (χ0) is 14.7. The summed E-state index contributed by atoms with van der Waals surface area (Å²) in [5.41, 5.74) is 2.72. The fourth-order valence-corrected chi connectivity index (χ4v) is 2.97. The number of nitrogens with zero attached hydrogens (tertiary/aromatic N) is 4. The predicted octanol–water partition coefficient (Wildman–Crippen LogP) is 2.27. The van der Waals surface area contributed by atoms with E-state index in [9.17, 15) is 0 Å². The normalized spacial score (nSPS) is 16.4. The molecular weight excluding hydrogens is 262 g/mol. The van der Waals surface area contributed by atoms with Crippen LogP contribution in [0.1, 0.15) is 37.2 Å². The second-order valence-electron chi connectivity index (χ2n) is 5.73. The van der Waals surface area contributed by atoms with E-state index in [1.54, 1.807) is 6.33 Å². The first-order valence-corrected chi connectivity index (χ1v) is 7.66. The van der Waals surface area contributed by atoms with E-state index in [-0.39, 0.29) is 6.04 Å². The number of rotatable bonds is 5. The smallest absolute Gasteiger partial charge is 0.149 e. The van der Waals surface area contributed by atoms with E-state index in [0.29, 0.717) is 0 Å². The van der Waals surface area contributed by atoms with Crippen molar-refractivity contribution in [2.45, 2.75) is 32.4 Å². The molecule has 5 nitrogen and oxygen atoms in total. The Bertz CT molecular complexity index is 586. The summed E-state index contributed by atoms with van der Waals surface area (Å²) in [4.78, 5) is 2.49. The van der Waals surface area contributed by atoms with Crippen molar-refractivity contribution in [2.75, 3.05) is 18.0 Å². The van der Waals surface area contributed by atoms with Gasteiger partial charge in [-0.15, -0.1) is 10.2 Å². The average molecular weight is 285 g/mol. The minimum Gasteiger partial charge on any atom is -0.371 e. The first kappa shape index (κ1) is 14.1. The largest absolute Gasteiger partial charge is 0.371 e. The quantitative estimate of drug-likeness (QED) is 0.915. The van der Waals surface area contributed by atoms with E-state index >= 15 is 0 Å². The van der Waals surface area contributed by atoms with Crippen molar-refractivity contribution in [3.05, 3.63) is 42.0 Å². The molecule has 0 bridgehead atoms. The van der Waals surface area contributed by atoms with Gasteiger partial charge in [-0.05, 0) is 31.4 Å². The molecule has 1 N–H and O–H groups in total. The molecule has 1 aromatic heterocycles. The van der Waals surface area contributed by atoms with Gasteiger partial charge in [-0.25, -0.2) is 0 Å². The highest BCUT2D eigenvalue weighted by atomic mass is 15.3. The number of hydrogen-bond acceptors (Lipinski definition) is 4. The predicted molar refractivity (Wildman–Crippen MR) is 84.1 cm³/mol. The first-order chi connectivity index (χ1) is 10.3. The molecule has 1 atom stereocenters. The van der Waals surface area contributed by atoms with Crippen molar-refractivity contribution in [3.8, 4) is 0 Å². The third kappa shape index (κ3) is 3.08. The van der Waals surface area contributed by atoms with E-state index in [0.717, 1.165) is 12.4 Å². The van der Waals surface area contributed by atoms with Crippen LogP contribution in [-0.2, 0) is 13.6 Å². The zero-order valence-corrected chi connectivity index (χ0v) is 12.8. The molecule has 1 unspecified atom stereocenters. The maximum atomic E-state index is 4.17. The number of aryl methyl sites for hydroxylation is 1. The van der Waals surface area contributed by atoms with Crippen molar-refractivity contribution in [2.24, 2.45) is 7.05 Å². The summed E-state index contributed by atoms with van der Waals surface area (Å²) in [6.45, 7) is 5.33. The van der Waals surface area contributed by atoms with Gasteiger partial charge in [-0.3, -0.25) is 0 Å². The summed E-state index contributed by atoms with van der Waals surface area (Å²) in [6.07, 6.45) is 4.35. The van der Waals surface area contributed by atoms with Crippen molar-refractivity contribution in [1.29, 1.82) is 0 Å². The van der Waals surface area contributed by atoms with Gasteiger partial charge in [-0.2, -0.15) is 0 Å². The van der Waals surface area contributed by atoms with Gasteiger partial charge in [0.05, 0.1) is 6.04 Å². The molecular formula is C16H23N5. The van der Waals surface area contributed by atoms with E-state index < -0.39 is 0 Å². The van der Waals surface area contributed by atoms with Gasteiger partial charge in [0, 0.05) is 32.4 Å². The van der Waals surface area contributed by atoms with Crippen LogP contribution in [0.15, 0.2) is 30.6 Å². The molecule has 0 radical (unpaired) electrons. The van der Waals surface area contributed by atoms with Crippen LogP contribution in [0.5, 0.6) is 0 Å². The standard InChI is InChI=1S/C16H23N5/c1-13(16-19-18-12-20(16)2)17-11-14-7-3-4-8-15(14)21-9-5-6-10-21/h3-4,7-8,12-13,17H,5-6,9-11H2,1-2H3. The van der Waals surface area contributed by atoms with Gasteiger partial charge >= 0.3 is 0 Å². The summed E-state index contributed by atoms with van der Waals surface area (Å²) in [6, 6.07) is 8.87. The molecule has 1 aliphatic rings. The molecule has 1 aromatic carbocycles. The summed E-state index contributed by atoms with van der Waals surface area (Å²) < 4.78 is 1.96. The lowest BCUT2D eigenvalue weighted by Gasteiger charge is -2.22. The molecule has 0 spiro atoms. The van der Waals surface area contributed by atoms with Crippen LogP contribution in [0.2, 0.25) is 0 Å². The molecule has 112 valence electrons. The number of nitrogens with one attached hydrogen (secondary N) is 1. The summed E-state index contributed by atoms with van der Waals surface area (Å²) in [5.74, 6) is 0.966. The highest BCUT2D eigenvalue weighted by Crippen LogP contribution is 2.24. The van der Waals surface area contributed by atoms with Crippen LogP contribution in [-0.4, -0.2) is 27.9 Å². The average Bonchev–Trinajstić information content (AvgIpc) is 3.16. The highest BCUT2D eigenvalue weighted by Gasteiger charge is 2.16. The van der Waals surface area contributed by atoms with Crippen LogP contribution in [0.3, 0.4) is 0 Å². The van der Waals surface area contributed by atoms with Crippen LogP contribution in [0.4, 0.5) is 5.69 Å². The van der Waals surface area contributed by atoms with Gasteiger partial charge in [0.2, 0.25) is 0 Å². The van der Waals surface area contributed by atoms with E-state index in [1.165, 1.54) is 37.2 Å². The van der Waals surface area contributed by atoms with Crippen molar-refractivity contribution >= 4 is 5.69 Å². The molecule has 5 heteroatoms. The molecule has 0 amide bonds. The molecule has 0 saturated carbocycles. The number of aromatic nitrogens is 3. The molecule has 1 saturated heterocycles. The Balaban J connectivity index is 1.69. The first-order valence-electron chi connectivity index (χ1n) is 7.66. The Morgan fingerprint density at radius 2 is 2.00 bits per heavy atom. The highest BCUT2D eigenvalue weighted by molar-refractivity contribution is 5.54. The summed E-state index contributed by atoms with van der Waals surface area (Å²) >= 11 is 0. The lowest BCUT2D eigenvalue weighted by Crippen LogP contribution is -2.24. The van der Waals surface area contributed by atoms with E-state index in [1.807, 2.05) is 11.6 Å². The minimum absolute atomic E-state index is 0.184. The molecule has 1 aliphatic heterocycles. The van der Waals surface area contributed by atoms with Crippen molar-refractivity contribution < 1.29 is 0 Å². The van der Waals surface area contributed by atoms with Gasteiger partial charge in [-0.1, -0.05) is 18.2 Å². The Hall–Kier alpha value is -1.88. The zero-order valence-electron chi connectivity index (χ0n) is 12.8. The Kier molecular flexibility index (Phi) is 4.20. The third-order valence-corrected chi connectivity index (χ3v) is 4.17. The SMILES string of the molecule is CC(NCc1ccccc1N1CCCC1)c1nncn1C.